The number of nitrogens with two attached hydrogens (primary N) is 1. The third-order valence-electron chi connectivity index (χ3n) is 4.15. The number of ether oxygens (including phenoxy) is 1. The number of hydrogen-bond acceptors (Lipinski definition) is 4. The van der Waals surface area contributed by atoms with Gasteiger partial charge in [0.2, 0.25) is 17.7 Å². The molecule has 1 aliphatic rings. The molecule has 0 saturated carbocycles. The van der Waals surface area contributed by atoms with Crippen LogP contribution in [0.4, 0.5) is 0 Å². The Morgan fingerprint density at radius 1 is 1.28 bits per heavy atom. The van der Waals surface area contributed by atoms with Crippen LogP contribution in [0.5, 0.6) is 0 Å². The number of carbonyl (C=O) groups excluding carboxylic acids is 3. The summed E-state index contributed by atoms with van der Waals surface area (Å²) in [4.78, 5) is 37.9. The lowest BCUT2D eigenvalue weighted by atomic mass is 10.0. The molecule has 7 nitrogen and oxygen atoms in total. The SMILES string of the molecule is CC(C)[C@H](NC(=O)Cc1ccccc1)C(=O)N1CCO[C@H](C(N)=O)C1. The number of nitrogens with one attached hydrogen (secondary N) is 1. The van der Waals surface area contributed by atoms with Crippen LogP contribution < -0.4 is 11.1 Å². The fraction of sp³-hybridized carbons (Fsp3) is 0.500. The van der Waals surface area contributed by atoms with Crippen molar-refractivity contribution in [2.75, 3.05) is 19.7 Å². The zero-order chi connectivity index (χ0) is 18.4. The van der Waals surface area contributed by atoms with Gasteiger partial charge in [0.25, 0.3) is 0 Å². The first-order valence-corrected chi connectivity index (χ1v) is 8.41. The normalized spacial score (nSPS) is 18.7. The summed E-state index contributed by atoms with van der Waals surface area (Å²) in [6.07, 6.45) is -0.588. The molecule has 1 fully saturated rings. The van der Waals surface area contributed by atoms with E-state index in [1.54, 1.807) is 0 Å². The molecule has 0 radical (unpaired) electrons. The summed E-state index contributed by atoms with van der Waals surface area (Å²) in [5, 5.41) is 2.82. The van der Waals surface area contributed by atoms with Gasteiger partial charge < -0.3 is 20.7 Å². The van der Waals surface area contributed by atoms with Crippen molar-refractivity contribution in [2.45, 2.75) is 32.4 Å². The molecule has 1 aromatic rings. The molecular weight excluding hydrogens is 322 g/mol. The van der Waals surface area contributed by atoms with E-state index in [-0.39, 0.29) is 37.3 Å². The Kier molecular flexibility index (Phi) is 6.52. The van der Waals surface area contributed by atoms with Gasteiger partial charge in [0.15, 0.2) is 6.10 Å². The molecule has 1 heterocycles. The summed E-state index contributed by atoms with van der Waals surface area (Å²) < 4.78 is 5.26. The van der Waals surface area contributed by atoms with Crippen LogP contribution in [-0.4, -0.2) is 54.5 Å². The van der Waals surface area contributed by atoms with E-state index in [0.29, 0.717) is 6.54 Å². The van der Waals surface area contributed by atoms with E-state index in [1.165, 1.54) is 4.90 Å². The summed E-state index contributed by atoms with van der Waals surface area (Å²) in [6, 6.07) is 8.70. The van der Waals surface area contributed by atoms with E-state index in [4.69, 9.17) is 10.5 Å². The topological polar surface area (TPSA) is 102 Å². The number of primary amides is 1. The van der Waals surface area contributed by atoms with Crippen molar-refractivity contribution in [3.63, 3.8) is 0 Å². The summed E-state index contributed by atoms with van der Waals surface area (Å²) in [6.45, 7) is 4.49. The van der Waals surface area contributed by atoms with E-state index in [0.717, 1.165) is 5.56 Å². The molecule has 2 rings (SSSR count). The molecule has 1 saturated heterocycles. The summed E-state index contributed by atoms with van der Waals surface area (Å²) >= 11 is 0. The van der Waals surface area contributed by atoms with Gasteiger partial charge in [-0.1, -0.05) is 44.2 Å². The average molecular weight is 347 g/mol. The van der Waals surface area contributed by atoms with Crippen LogP contribution in [0, 0.1) is 5.92 Å². The molecule has 136 valence electrons. The molecule has 0 bridgehead atoms. The number of morpholine rings is 1. The van der Waals surface area contributed by atoms with Crippen molar-refractivity contribution >= 4 is 17.7 Å². The summed E-state index contributed by atoms with van der Waals surface area (Å²) in [5.74, 6) is -1.10. The van der Waals surface area contributed by atoms with Gasteiger partial charge in [-0.15, -0.1) is 0 Å². The van der Waals surface area contributed by atoms with Crippen LogP contribution in [0.1, 0.15) is 19.4 Å². The van der Waals surface area contributed by atoms with Gasteiger partial charge in [0.1, 0.15) is 6.04 Å². The van der Waals surface area contributed by atoms with Crippen molar-refractivity contribution in [1.82, 2.24) is 10.2 Å². The zero-order valence-electron chi connectivity index (χ0n) is 14.6. The molecule has 0 spiro atoms. The quantitative estimate of drug-likeness (QED) is 0.761. The van der Waals surface area contributed by atoms with Gasteiger partial charge in [0.05, 0.1) is 19.6 Å². The number of benzene rings is 1. The second kappa shape index (κ2) is 8.62. The lowest BCUT2D eigenvalue weighted by molar-refractivity contribution is -0.148. The van der Waals surface area contributed by atoms with Crippen LogP contribution in [-0.2, 0) is 25.5 Å². The van der Waals surface area contributed by atoms with Crippen molar-refractivity contribution in [3.8, 4) is 0 Å². The van der Waals surface area contributed by atoms with Gasteiger partial charge in [-0.25, -0.2) is 0 Å². The molecule has 0 unspecified atom stereocenters. The first-order chi connectivity index (χ1) is 11.9. The van der Waals surface area contributed by atoms with E-state index < -0.39 is 18.1 Å². The fourth-order valence-corrected chi connectivity index (χ4v) is 2.74. The number of hydrogen-bond donors (Lipinski definition) is 2. The van der Waals surface area contributed by atoms with E-state index in [2.05, 4.69) is 5.32 Å². The molecule has 0 aliphatic carbocycles. The first kappa shape index (κ1) is 18.9. The molecule has 0 aromatic heterocycles. The Hall–Kier alpha value is -2.41. The minimum Gasteiger partial charge on any atom is -0.367 e. The molecule has 2 atom stereocenters. The molecule has 7 heteroatoms. The van der Waals surface area contributed by atoms with Crippen molar-refractivity contribution < 1.29 is 19.1 Å². The van der Waals surface area contributed by atoms with E-state index in [1.807, 2.05) is 44.2 Å². The third-order valence-corrected chi connectivity index (χ3v) is 4.15. The average Bonchev–Trinajstić information content (AvgIpc) is 2.60. The van der Waals surface area contributed by atoms with Crippen LogP contribution >= 0.6 is 0 Å². The Balaban J connectivity index is 2.00. The lowest BCUT2D eigenvalue weighted by Crippen LogP contribution is -2.57. The fourth-order valence-electron chi connectivity index (χ4n) is 2.74. The van der Waals surface area contributed by atoms with Gasteiger partial charge in [-0.2, -0.15) is 0 Å². The highest BCUT2D eigenvalue weighted by molar-refractivity contribution is 5.89. The second-order valence-electron chi connectivity index (χ2n) is 6.50. The first-order valence-electron chi connectivity index (χ1n) is 8.41. The molecule has 3 N–H and O–H groups in total. The van der Waals surface area contributed by atoms with Gasteiger partial charge in [0, 0.05) is 6.54 Å². The Labute approximate surface area is 147 Å². The second-order valence-corrected chi connectivity index (χ2v) is 6.50. The molecule has 3 amide bonds. The zero-order valence-corrected chi connectivity index (χ0v) is 14.6. The largest absolute Gasteiger partial charge is 0.367 e. The van der Waals surface area contributed by atoms with Crippen LogP contribution in [0.2, 0.25) is 0 Å². The van der Waals surface area contributed by atoms with E-state index >= 15 is 0 Å². The highest BCUT2D eigenvalue weighted by atomic mass is 16.5. The number of rotatable bonds is 6. The van der Waals surface area contributed by atoms with Crippen LogP contribution in [0.3, 0.4) is 0 Å². The highest BCUT2D eigenvalue weighted by Crippen LogP contribution is 2.12. The molecule has 1 aliphatic heterocycles. The minimum atomic E-state index is -0.800. The monoisotopic (exact) mass is 347 g/mol. The molecule has 1 aromatic carbocycles. The Morgan fingerprint density at radius 2 is 1.96 bits per heavy atom. The maximum Gasteiger partial charge on any atom is 0.248 e. The maximum atomic E-state index is 12.8. The number of carbonyl (C=O) groups is 3. The summed E-state index contributed by atoms with van der Waals surface area (Å²) in [7, 11) is 0. The number of amides is 3. The maximum absolute atomic E-state index is 12.8. The molecular formula is C18H25N3O4. The van der Waals surface area contributed by atoms with Crippen LogP contribution in [0.25, 0.3) is 0 Å². The predicted molar refractivity (Wildman–Crippen MR) is 92.4 cm³/mol. The third kappa shape index (κ3) is 5.29. The van der Waals surface area contributed by atoms with Crippen LogP contribution in [0.15, 0.2) is 30.3 Å². The van der Waals surface area contributed by atoms with Gasteiger partial charge >= 0.3 is 0 Å². The highest BCUT2D eigenvalue weighted by Gasteiger charge is 2.33. The van der Waals surface area contributed by atoms with Crippen molar-refractivity contribution in [3.05, 3.63) is 35.9 Å². The Bertz CT molecular complexity index is 618. The smallest absolute Gasteiger partial charge is 0.248 e. The van der Waals surface area contributed by atoms with E-state index in [9.17, 15) is 14.4 Å². The number of nitrogens with zero attached hydrogens (tertiary/aromatic N) is 1. The summed E-state index contributed by atoms with van der Waals surface area (Å²) in [5.41, 5.74) is 6.14. The lowest BCUT2D eigenvalue weighted by Gasteiger charge is -2.35. The standard InChI is InChI=1S/C18H25N3O4/c1-12(2)16(20-15(22)10-13-6-4-3-5-7-13)18(24)21-8-9-25-14(11-21)17(19)23/h3-7,12,14,16H,8-11H2,1-2H3,(H2,19,23)(H,20,22)/t14-,16-/m0/s1. The van der Waals surface area contributed by atoms with Gasteiger partial charge in [-0.3, -0.25) is 14.4 Å². The molecule has 25 heavy (non-hydrogen) atoms. The van der Waals surface area contributed by atoms with Crippen molar-refractivity contribution in [1.29, 1.82) is 0 Å². The van der Waals surface area contributed by atoms with Crippen molar-refractivity contribution in [2.24, 2.45) is 11.7 Å². The Morgan fingerprint density at radius 3 is 2.56 bits per heavy atom. The minimum absolute atomic E-state index is 0.0814. The van der Waals surface area contributed by atoms with Gasteiger partial charge in [-0.05, 0) is 11.5 Å². The predicted octanol–water partition coefficient (Wildman–Crippen LogP) is 0.0826.